The molecule has 2 aliphatic rings. The van der Waals surface area contributed by atoms with Gasteiger partial charge in [0.2, 0.25) is 0 Å². The third-order valence-electron chi connectivity index (χ3n) is 5.12. The van der Waals surface area contributed by atoms with Gasteiger partial charge in [-0.05, 0) is 50.3 Å². The van der Waals surface area contributed by atoms with Gasteiger partial charge >= 0.3 is 6.03 Å². The maximum Gasteiger partial charge on any atom is 0.322 e. The molecule has 1 atom stereocenters. The molecule has 0 saturated carbocycles. The van der Waals surface area contributed by atoms with Gasteiger partial charge in [0.25, 0.3) is 0 Å². The molecule has 1 saturated heterocycles. The van der Waals surface area contributed by atoms with Gasteiger partial charge in [0.15, 0.2) is 5.82 Å². The van der Waals surface area contributed by atoms with E-state index in [0.717, 1.165) is 56.7 Å². The van der Waals surface area contributed by atoms with Gasteiger partial charge in [-0.3, -0.25) is 0 Å². The van der Waals surface area contributed by atoms with Crippen molar-refractivity contribution in [3.63, 3.8) is 0 Å². The molecule has 0 aliphatic carbocycles. The number of rotatable bonds is 2. The van der Waals surface area contributed by atoms with Gasteiger partial charge in [0, 0.05) is 24.5 Å². The Morgan fingerprint density at radius 3 is 2.92 bits per heavy atom. The molecule has 1 aromatic heterocycles. The highest BCUT2D eigenvalue weighted by molar-refractivity contribution is 6.30. The standard InChI is InChI=1S/C18H21ClFN5O/c19-12-7-8-13(20)14(11-12)21-18(26)24-9-3-1-5-15(24)17-23-22-16-6-2-4-10-25(16)17/h7-8,11,15H,1-6,9-10H2,(H,21,26)/t15-/m0/s1. The number of piperidine rings is 1. The van der Waals surface area contributed by atoms with E-state index in [1.54, 1.807) is 4.90 Å². The number of likely N-dealkylation sites (tertiary alicyclic amines) is 1. The van der Waals surface area contributed by atoms with Gasteiger partial charge < -0.3 is 14.8 Å². The number of amides is 2. The third kappa shape index (κ3) is 3.28. The van der Waals surface area contributed by atoms with E-state index in [0.29, 0.717) is 11.6 Å². The topological polar surface area (TPSA) is 63.1 Å². The zero-order valence-corrected chi connectivity index (χ0v) is 15.2. The molecule has 2 amide bonds. The van der Waals surface area contributed by atoms with E-state index in [1.807, 2.05) is 0 Å². The molecule has 2 aliphatic heterocycles. The molecule has 0 unspecified atom stereocenters. The number of nitrogens with one attached hydrogen (secondary N) is 1. The van der Waals surface area contributed by atoms with Gasteiger partial charge in [-0.25, -0.2) is 9.18 Å². The van der Waals surface area contributed by atoms with Crippen molar-refractivity contribution in [2.45, 2.75) is 51.1 Å². The molecular weight excluding hydrogens is 357 g/mol. The summed E-state index contributed by atoms with van der Waals surface area (Å²) >= 11 is 5.92. The normalized spacial score (nSPS) is 19.9. The van der Waals surface area contributed by atoms with E-state index in [2.05, 4.69) is 20.1 Å². The molecule has 0 radical (unpaired) electrons. The number of carbonyl (C=O) groups excluding carboxylic acids is 1. The molecule has 0 bridgehead atoms. The monoisotopic (exact) mass is 377 g/mol. The van der Waals surface area contributed by atoms with Crippen LogP contribution in [0, 0.1) is 5.82 Å². The summed E-state index contributed by atoms with van der Waals surface area (Å²) in [5.41, 5.74) is 0.0927. The molecule has 4 rings (SSSR count). The first-order chi connectivity index (χ1) is 12.6. The number of aromatic nitrogens is 3. The van der Waals surface area contributed by atoms with E-state index in [1.165, 1.54) is 18.2 Å². The van der Waals surface area contributed by atoms with Crippen LogP contribution in [0.3, 0.4) is 0 Å². The molecule has 1 N–H and O–H groups in total. The zero-order valence-electron chi connectivity index (χ0n) is 14.4. The number of anilines is 1. The molecule has 1 fully saturated rings. The number of hydrogen-bond donors (Lipinski definition) is 1. The highest BCUT2D eigenvalue weighted by Crippen LogP contribution is 2.32. The van der Waals surface area contributed by atoms with Crippen LogP contribution in [0.5, 0.6) is 0 Å². The highest BCUT2D eigenvalue weighted by atomic mass is 35.5. The fraction of sp³-hybridized carbons (Fsp3) is 0.500. The predicted octanol–water partition coefficient (Wildman–Crippen LogP) is 4.17. The lowest BCUT2D eigenvalue weighted by molar-refractivity contribution is 0.156. The van der Waals surface area contributed by atoms with E-state index >= 15 is 0 Å². The zero-order chi connectivity index (χ0) is 18.1. The first-order valence-corrected chi connectivity index (χ1v) is 9.46. The second-order valence-corrected chi connectivity index (χ2v) is 7.28. The fourth-order valence-electron chi connectivity index (χ4n) is 3.80. The number of fused-ring (bicyclic) bond motifs is 1. The van der Waals surface area contributed by atoms with Gasteiger partial charge in [-0.1, -0.05) is 11.6 Å². The summed E-state index contributed by atoms with van der Waals surface area (Å²) in [6, 6.07) is 3.67. The number of hydrogen-bond acceptors (Lipinski definition) is 3. The number of nitrogens with zero attached hydrogens (tertiary/aromatic N) is 4. The van der Waals surface area contributed by atoms with Crippen molar-refractivity contribution < 1.29 is 9.18 Å². The summed E-state index contributed by atoms with van der Waals surface area (Å²) in [5, 5.41) is 11.7. The van der Waals surface area contributed by atoms with Crippen LogP contribution in [0.2, 0.25) is 5.02 Å². The van der Waals surface area contributed by atoms with Crippen LogP contribution in [0.15, 0.2) is 18.2 Å². The molecule has 138 valence electrons. The molecule has 8 heteroatoms. The summed E-state index contributed by atoms with van der Waals surface area (Å²) in [6.45, 7) is 1.51. The van der Waals surface area contributed by atoms with E-state index in [4.69, 9.17) is 11.6 Å². The smallest absolute Gasteiger partial charge is 0.314 e. The second-order valence-electron chi connectivity index (χ2n) is 6.84. The summed E-state index contributed by atoms with van der Waals surface area (Å²) in [5.74, 6) is 1.34. The second kappa shape index (κ2) is 7.23. The van der Waals surface area contributed by atoms with Crippen LogP contribution >= 0.6 is 11.6 Å². The summed E-state index contributed by atoms with van der Waals surface area (Å²) < 4.78 is 16.1. The van der Waals surface area contributed by atoms with Crippen molar-refractivity contribution in [1.29, 1.82) is 0 Å². The van der Waals surface area contributed by atoms with Crippen molar-refractivity contribution in [3.8, 4) is 0 Å². The Kier molecular flexibility index (Phi) is 4.80. The van der Waals surface area contributed by atoms with Crippen LogP contribution in [0.1, 0.15) is 49.8 Å². The third-order valence-corrected chi connectivity index (χ3v) is 5.35. The Morgan fingerprint density at radius 2 is 2.04 bits per heavy atom. The van der Waals surface area contributed by atoms with E-state index in [9.17, 15) is 9.18 Å². The molecule has 26 heavy (non-hydrogen) atoms. The maximum absolute atomic E-state index is 14.0. The summed E-state index contributed by atoms with van der Waals surface area (Å²) in [7, 11) is 0. The van der Waals surface area contributed by atoms with Gasteiger partial charge in [-0.15, -0.1) is 10.2 Å². The van der Waals surface area contributed by atoms with Crippen molar-refractivity contribution in [2.24, 2.45) is 0 Å². The summed E-state index contributed by atoms with van der Waals surface area (Å²) in [6.07, 6.45) is 5.94. The molecule has 1 aromatic carbocycles. The number of benzene rings is 1. The Bertz CT molecular complexity index is 824. The first-order valence-electron chi connectivity index (χ1n) is 9.08. The van der Waals surface area contributed by atoms with E-state index < -0.39 is 5.82 Å². The van der Waals surface area contributed by atoms with Crippen LogP contribution in [-0.2, 0) is 13.0 Å². The van der Waals surface area contributed by atoms with Gasteiger partial charge in [0.1, 0.15) is 11.6 Å². The lowest BCUT2D eigenvalue weighted by Crippen LogP contribution is -2.42. The minimum atomic E-state index is -0.504. The van der Waals surface area contributed by atoms with Crippen LogP contribution < -0.4 is 5.32 Å². The predicted molar refractivity (Wildman–Crippen MR) is 96.7 cm³/mol. The maximum atomic E-state index is 14.0. The van der Waals surface area contributed by atoms with E-state index in [-0.39, 0.29) is 17.8 Å². The van der Waals surface area contributed by atoms with Crippen LogP contribution in [0.4, 0.5) is 14.9 Å². The van der Waals surface area contributed by atoms with Crippen molar-refractivity contribution in [3.05, 3.63) is 40.7 Å². The average Bonchev–Trinajstić information content (AvgIpc) is 3.08. The number of carbonyl (C=O) groups is 1. The van der Waals surface area contributed by atoms with Gasteiger partial charge in [0.05, 0.1) is 11.7 Å². The Labute approximate surface area is 156 Å². The fourth-order valence-corrected chi connectivity index (χ4v) is 3.97. The van der Waals surface area contributed by atoms with Crippen molar-refractivity contribution >= 4 is 23.3 Å². The first kappa shape index (κ1) is 17.3. The van der Waals surface area contributed by atoms with Crippen LogP contribution in [-0.4, -0.2) is 32.2 Å². The number of halogens is 2. The van der Waals surface area contributed by atoms with Crippen molar-refractivity contribution in [2.75, 3.05) is 11.9 Å². The Morgan fingerprint density at radius 1 is 1.19 bits per heavy atom. The highest BCUT2D eigenvalue weighted by Gasteiger charge is 2.33. The van der Waals surface area contributed by atoms with Gasteiger partial charge in [-0.2, -0.15) is 0 Å². The molecule has 0 spiro atoms. The Balaban J connectivity index is 1.58. The van der Waals surface area contributed by atoms with Crippen LogP contribution in [0.25, 0.3) is 0 Å². The molecular formula is C18H21ClFN5O. The number of aryl methyl sites for hydroxylation is 1. The Hall–Kier alpha value is -2.15. The molecule has 6 nitrogen and oxygen atoms in total. The SMILES string of the molecule is O=C(Nc1cc(Cl)ccc1F)N1CCCC[C@H]1c1nnc2n1CCCC2. The molecule has 3 heterocycles. The summed E-state index contributed by atoms with van der Waals surface area (Å²) in [4.78, 5) is 14.6. The number of urea groups is 1. The average molecular weight is 378 g/mol. The lowest BCUT2D eigenvalue weighted by atomic mass is 10.0. The van der Waals surface area contributed by atoms with Crippen molar-refractivity contribution in [1.82, 2.24) is 19.7 Å². The lowest BCUT2D eigenvalue weighted by Gasteiger charge is -2.35. The largest absolute Gasteiger partial charge is 0.322 e. The molecule has 2 aromatic rings. The minimum absolute atomic E-state index is 0.0927. The quantitative estimate of drug-likeness (QED) is 0.854. The minimum Gasteiger partial charge on any atom is -0.314 e.